The molecule has 1 saturated carbocycles. The van der Waals surface area contributed by atoms with Gasteiger partial charge < -0.3 is 16.2 Å². The summed E-state index contributed by atoms with van der Waals surface area (Å²) in [5.74, 6) is -0.443. The van der Waals surface area contributed by atoms with Crippen molar-refractivity contribution in [2.75, 3.05) is 6.54 Å². The van der Waals surface area contributed by atoms with Crippen molar-refractivity contribution < 1.29 is 14.7 Å². The van der Waals surface area contributed by atoms with E-state index in [1.165, 1.54) is 32.1 Å². The van der Waals surface area contributed by atoms with Crippen LogP contribution in [-0.4, -0.2) is 28.5 Å². The van der Waals surface area contributed by atoms with Crippen LogP contribution in [0.25, 0.3) is 22.2 Å². The molecule has 186 valence electrons. The van der Waals surface area contributed by atoms with Crippen molar-refractivity contribution in [1.82, 2.24) is 10.3 Å². The van der Waals surface area contributed by atoms with Crippen LogP contribution in [-0.2, 0) is 11.3 Å². The maximum absolute atomic E-state index is 12.1. The van der Waals surface area contributed by atoms with Gasteiger partial charge in [-0.25, -0.2) is 9.78 Å². The average molecular weight is 476 g/mol. The van der Waals surface area contributed by atoms with Gasteiger partial charge in [0.05, 0.1) is 16.8 Å². The van der Waals surface area contributed by atoms with Crippen LogP contribution >= 0.6 is 0 Å². The summed E-state index contributed by atoms with van der Waals surface area (Å²) in [4.78, 5) is 27.3. The van der Waals surface area contributed by atoms with E-state index in [-0.39, 0.29) is 5.91 Å². The molecule has 0 atom stereocenters. The molecule has 0 unspecified atom stereocenters. The summed E-state index contributed by atoms with van der Waals surface area (Å²) in [6.45, 7) is 3.48. The topological polar surface area (TPSA) is 105 Å². The van der Waals surface area contributed by atoms with E-state index in [0.717, 1.165) is 36.2 Å². The number of para-hydroxylation sites is 1. The zero-order valence-corrected chi connectivity index (χ0v) is 20.6. The number of primary amides is 1. The number of aromatic nitrogens is 1. The second-order valence-corrected chi connectivity index (χ2v) is 9.21. The molecule has 2 aromatic carbocycles. The van der Waals surface area contributed by atoms with Crippen LogP contribution in [0.1, 0.15) is 74.2 Å². The molecule has 35 heavy (non-hydrogen) atoms. The smallest absolute Gasteiger partial charge is 0.336 e. The molecular weight excluding hydrogens is 438 g/mol. The van der Waals surface area contributed by atoms with Crippen LogP contribution in [0.5, 0.6) is 0 Å². The highest BCUT2D eigenvalue weighted by molar-refractivity contribution is 6.05. The average Bonchev–Trinajstić information content (AvgIpc) is 2.87. The van der Waals surface area contributed by atoms with Gasteiger partial charge in [-0.2, -0.15) is 0 Å². The molecule has 0 spiro atoms. The number of unbranched alkanes of at least 4 members (excludes halogenated alkanes) is 1. The van der Waals surface area contributed by atoms with Crippen molar-refractivity contribution >= 4 is 22.8 Å². The summed E-state index contributed by atoms with van der Waals surface area (Å²) in [5.41, 5.74) is 8.54. The number of fused-ring (bicyclic) bond motifs is 1. The molecule has 1 aliphatic carbocycles. The maximum atomic E-state index is 12.1. The third kappa shape index (κ3) is 7.62. The maximum Gasteiger partial charge on any atom is 0.336 e. The Morgan fingerprint density at radius 2 is 1.71 bits per heavy atom. The molecule has 3 aromatic rings. The van der Waals surface area contributed by atoms with E-state index in [0.29, 0.717) is 35.3 Å². The van der Waals surface area contributed by atoms with Gasteiger partial charge in [-0.05, 0) is 37.8 Å². The molecule has 0 aliphatic heterocycles. The number of rotatable bonds is 9. The highest BCUT2D eigenvalue weighted by atomic mass is 16.4. The van der Waals surface area contributed by atoms with E-state index in [4.69, 9.17) is 10.7 Å². The highest BCUT2D eigenvalue weighted by Crippen LogP contribution is 2.30. The molecule has 1 aliphatic rings. The fourth-order valence-electron chi connectivity index (χ4n) is 4.69. The molecule has 4 N–H and O–H groups in total. The predicted molar refractivity (Wildman–Crippen MR) is 141 cm³/mol. The van der Waals surface area contributed by atoms with E-state index in [1.54, 1.807) is 0 Å². The normalized spacial score (nSPS) is 13.7. The molecule has 6 heteroatoms. The third-order valence-electron chi connectivity index (χ3n) is 6.48. The Morgan fingerprint density at radius 3 is 2.37 bits per heavy atom. The SMILES string of the molecule is CCCCNCc1c(-c2ccccc2)nc2ccccc2c1C(=O)O.NC(=O)CC1CCCCC1. The summed E-state index contributed by atoms with van der Waals surface area (Å²) < 4.78 is 0. The molecule has 1 heterocycles. The first-order valence-electron chi connectivity index (χ1n) is 12.7. The van der Waals surface area contributed by atoms with E-state index in [9.17, 15) is 14.7 Å². The lowest BCUT2D eigenvalue weighted by Gasteiger charge is -2.19. The number of hydrogen-bond donors (Lipinski definition) is 3. The van der Waals surface area contributed by atoms with E-state index in [1.807, 2.05) is 54.6 Å². The number of hydrogen-bond acceptors (Lipinski definition) is 4. The Labute approximate surface area is 208 Å². The largest absolute Gasteiger partial charge is 0.478 e. The first kappa shape index (κ1) is 26.4. The van der Waals surface area contributed by atoms with Crippen LogP contribution in [0, 0.1) is 5.92 Å². The van der Waals surface area contributed by atoms with Gasteiger partial charge in [0.15, 0.2) is 0 Å². The van der Waals surface area contributed by atoms with Crippen molar-refractivity contribution in [3.05, 3.63) is 65.7 Å². The van der Waals surface area contributed by atoms with E-state index < -0.39 is 5.97 Å². The Balaban J connectivity index is 0.000000287. The minimum absolute atomic E-state index is 0.132. The lowest BCUT2D eigenvalue weighted by Crippen LogP contribution is -2.19. The van der Waals surface area contributed by atoms with Crippen molar-refractivity contribution in [3.63, 3.8) is 0 Å². The standard InChI is InChI=1S/C21H22N2O2.C8H15NO/c1-2-3-13-22-14-17-19(21(24)25)16-11-7-8-12-18(16)23-20(17)15-9-5-4-6-10-15;9-8(10)6-7-4-2-1-3-5-7/h4-12,22H,2-3,13-14H2,1H3,(H,24,25);7H,1-6H2,(H2,9,10). The molecule has 0 bridgehead atoms. The molecular formula is C29H37N3O3. The zero-order valence-electron chi connectivity index (χ0n) is 20.6. The number of benzene rings is 2. The van der Waals surface area contributed by atoms with Gasteiger partial charge in [0, 0.05) is 29.5 Å². The van der Waals surface area contributed by atoms with Crippen LogP contribution in [0.3, 0.4) is 0 Å². The number of carbonyl (C=O) groups is 2. The minimum atomic E-state index is -0.914. The van der Waals surface area contributed by atoms with Crippen molar-refractivity contribution in [2.45, 2.75) is 64.8 Å². The number of nitrogens with one attached hydrogen (secondary N) is 1. The number of carboxylic acids is 1. The number of carboxylic acid groups (broad SMARTS) is 1. The summed E-state index contributed by atoms with van der Waals surface area (Å²) in [5, 5.41) is 13.9. The van der Waals surface area contributed by atoms with Crippen molar-refractivity contribution in [2.24, 2.45) is 11.7 Å². The van der Waals surface area contributed by atoms with Gasteiger partial charge in [0.25, 0.3) is 0 Å². The fraction of sp³-hybridized carbons (Fsp3) is 0.414. The fourth-order valence-corrected chi connectivity index (χ4v) is 4.69. The Bertz CT molecular complexity index is 1110. The van der Waals surface area contributed by atoms with Gasteiger partial charge in [0.2, 0.25) is 5.91 Å². The van der Waals surface area contributed by atoms with Crippen molar-refractivity contribution in [1.29, 1.82) is 0 Å². The van der Waals surface area contributed by atoms with Gasteiger partial charge in [-0.1, -0.05) is 81.1 Å². The summed E-state index contributed by atoms with van der Waals surface area (Å²) in [7, 11) is 0. The van der Waals surface area contributed by atoms with Gasteiger partial charge in [-0.15, -0.1) is 0 Å². The monoisotopic (exact) mass is 475 g/mol. The lowest BCUT2D eigenvalue weighted by molar-refractivity contribution is -0.119. The predicted octanol–water partition coefficient (Wildman–Crippen LogP) is 5.93. The highest BCUT2D eigenvalue weighted by Gasteiger charge is 2.20. The molecule has 1 aromatic heterocycles. The second kappa shape index (κ2) is 13.6. The number of nitrogens with two attached hydrogens (primary N) is 1. The number of carbonyl (C=O) groups excluding carboxylic acids is 1. The van der Waals surface area contributed by atoms with E-state index >= 15 is 0 Å². The third-order valence-corrected chi connectivity index (χ3v) is 6.48. The van der Waals surface area contributed by atoms with Crippen LogP contribution in [0.4, 0.5) is 0 Å². The Kier molecular flexibility index (Phi) is 10.2. The lowest BCUT2D eigenvalue weighted by atomic mass is 9.87. The molecule has 6 nitrogen and oxygen atoms in total. The Hall–Kier alpha value is -3.25. The number of aromatic carboxylic acids is 1. The van der Waals surface area contributed by atoms with Crippen LogP contribution < -0.4 is 11.1 Å². The summed E-state index contributed by atoms with van der Waals surface area (Å²) >= 11 is 0. The van der Waals surface area contributed by atoms with Crippen molar-refractivity contribution in [3.8, 4) is 11.3 Å². The summed E-state index contributed by atoms with van der Waals surface area (Å²) in [6.07, 6.45) is 9.11. The van der Waals surface area contributed by atoms with Gasteiger partial charge >= 0.3 is 5.97 Å². The number of nitrogens with zero attached hydrogens (tertiary/aromatic N) is 1. The van der Waals surface area contributed by atoms with Gasteiger partial charge in [0.1, 0.15) is 0 Å². The number of pyridine rings is 1. The molecule has 4 rings (SSSR count). The van der Waals surface area contributed by atoms with E-state index in [2.05, 4.69) is 12.2 Å². The molecule has 1 fully saturated rings. The van der Waals surface area contributed by atoms with Crippen LogP contribution in [0.15, 0.2) is 54.6 Å². The molecule has 0 saturated heterocycles. The summed E-state index contributed by atoms with van der Waals surface area (Å²) in [6, 6.07) is 17.2. The number of amides is 1. The molecule has 0 radical (unpaired) electrons. The minimum Gasteiger partial charge on any atom is -0.478 e. The first-order valence-corrected chi connectivity index (χ1v) is 12.7. The zero-order chi connectivity index (χ0) is 25.0. The Morgan fingerprint density at radius 1 is 1.03 bits per heavy atom. The second-order valence-electron chi connectivity index (χ2n) is 9.21. The van der Waals surface area contributed by atoms with Gasteiger partial charge in [-0.3, -0.25) is 4.79 Å². The molecule has 1 amide bonds. The quantitative estimate of drug-likeness (QED) is 0.333. The first-order chi connectivity index (χ1) is 17.0. The van der Waals surface area contributed by atoms with Crippen LogP contribution in [0.2, 0.25) is 0 Å².